The predicted molar refractivity (Wildman–Crippen MR) is 97.5 cm³/mol. The van der Waals surface area contributed by atoms with Crippen LogP contribution in [0.2, 0.25) is 0 Å². The first-order valence-electron chi connectivity index (χ1n) is 8.54. The van der Waals surface area contributed by atoms with Crippen LogP contribution in [0.25, 0.3) is 21.5 Å². The van der Waals surface area contributed by atoms with Gasteiger partial charge in [0.05, 0.1) is 5.52 Å². The van der Waals surface area contributed by atoms with Gasteiger partial charge in [0.1, 0.15) is 0 Å². The number of hydrogen-bond acceptors (Lipinski definition) is 6. The summed E-state index contributed by atoms with van der Waals surface area (Å²) in [6, 6.07) is 11.0. The van der Waals surface area contributed by atoms with Crippen molar-refractivity contribution >= 4 is 27.4 Å². The van der Waals surface area contributed by atoms with E-state index in [4.69, 9.17) is 0 Å². The van der Waals surface area contributed by atoms with Crippen LogP contribution in [0.4, 0.5) is 5.13 Å². The summed E-state index contributed by atoms with van der Waals surface area (Å²) in [7, 11) is 0. The highest BCUT2D eigenvalue weighted by Gasteiger charge is 2.30. The molecule has 0 atom stereocenters. The summed E-state index contributed by atoms with van der Waals surface area (Å²) in [5, 5.41) is 12.1. The lowest BCUT2D eigenvalue weighted by Gasteiger charge is -2.30. The molecule has 0 spiro atoms. The van der Waals surface area contributed by atoms with Crippen LogP contribution in [0, 0.1) is 0 Å². The minimum absolute atomic E-state index is 0.624. The van der Waals surface area contributed by atoms with E-state index in [1.54, 1.807) is 11.3 Å². The minimum atomic E-state index is 0.624. The summed E-state index contributed by atoms with van der Waals surface area (Å²) in [6.07, 6.45) is 4.39. The molecule has 122 valence electrons. The fraction of sp³-hybridized carbons (Fsp3) is 0.389. The molecule has 6 heteroatoms. The first-order valence-corrected chi connectivity index (χ1v) is 9.36. The first-order chi connectivity index (χ1) is 11.9. The van der Waals surface area contributed by atoms with Gasteiger partial charge < -0.3 is 9.80 Å². The summed E-state index contributed by atoms with van der Waals surface area (Å²) in [5.74, 6) is 0. The molecule has 0 aliphatic carbocycles. The van der Waals surface area contributed by atoms with Gasteiger partial charge in [0.15, 0.2) is 5.01 Å². The molecule has 0 N–H and O–H groups in total. The Morgan fingerprint density at radius 3 is 2.79 bits per heavy atom. The second-order valence-electron chi connectivity index (χ2n) is 6.57. The Morgan fingerprint density at radius 1 is 1.00 bits per heavy atom. The molecule has 24 heavy (non-hydrogen) atoms. The number of aromatic nitrogens is 3. The zero-order chi connectivity index (χ0) is 15.9. The van der Waals surface area contributed by atoms with Gasteiger partial charge in [-0.3, -0.25) is 4.98 Å². The van der Waals surface area contributed by atoms with Crippen molar-refractivity contribution in [2.45, 2.75) is 18.9 Å². The summed E-state index contributed by atoms with van der Waals surface area (Å²) < 4.78 is 0. The first kappa shape index (κ1) is 14.3. The SMILES string of the molecule is c1ccc2ncc(-c3nnc(N4CCN5CCC4CC5)s3)cc2c1. The minimum Gasteiger partial charge on any atom is -0.342 e. The van der Waals surface area contributed by atoms with E-state index in [9.17, 15) is 0 Å². The average molecular weight is 337 g/mol. The van der Waals surface area contributed by atoms with E-state index in [0.29, 0.717) is 6.04 Å². The van der Waals surface area contributed by atoms with Crippen molar-refractivity contribution in [2.24, 2.45) is 0 Å². The number of rotatable bonds is 2. The van der Waals surface area contributed by atoms with Gasteiger partial charge in [0.25, 0.3) is 0 Å². The molecule has 5 nitrogen and oxygen atoms in total. The third-order valence-corrected chi connectivity index (χ3v) is 6.16. The Labute approximate surface area is 145 Å². The van der Waals surface area contributed by atoms with Gasteiger partial charge in [0, 0.05) is 49.4 Å². The molecular weight excluding hydrogens is 318 g/mol. The van der Waals surface area contributed by atoms with Gasteiger partial charge in [-0.1, -0.05) is 29.5 Å². The van der Waals surface area contributed by atoms with Crippen LogP contribution >= 0.6 is 11.3 Å². The van der Waals surface area contributed by atoms with Crippen LogP contribution in [-0.4, -0.2) is 52.3 Å². The van der Waals surface area contributed by atoms with E-state index in [-0.39, 0.29) is 0 Å². The summed E-state index contributed by atoms with van der Waals surface area (Å²) in [6.45, 7) is 4.65. The van der Waals surface area contributed by atoms with Crippen LogP contribution in [0.15, 0.2) is 36.5 Å². The van der Waals surface area contributed by atoms with E-state index in [1.165, 1.54) is 25.9 Å². The van der Waals surface area contributed by atoms with Crippen molar-refractivity contribution in [1.82, 2.24) is 20.1 Å². The summed E-state index contributed by atoms with van der Waals surface area (Å²) in [4.78, 5) is 9.59. The Morgan fingerprint density at radius 2 is 1.88 bits per heavy atom. The Hall–Kier alpha value is -2.05. The smallest absolute Gasteiger partial charge is 0.208 e. The van der Waals surface area contributed by atoms with Crippen LogP contribution in [0.3, 0.4) is 0 Å². The number of anilines is 1. The third kappa shape index (κ3) is 2.46. The molecule has 3 aliphatic rings. The lowest BCUT2D eigenvalue weighted by atomic mass is 10.1. The second kappa shape index (κ2) is 5.79. The molecule has 3 saturated heterocycles. The molecule has 5 heterocycles. The maximum absolute atomic E-state index is 4.55. The molecule has 3 aromatic rings. The molecule has 2 aromatic heterocycles. The number of hydrogen-bond donors (Lipinski definition) is 0. The molecule has 0 amide bonds. The van der Waals surface area contributed by atoms with Gasteiger partial charge in [-0.05, 0) is 25.0 Å². The predicted octanol–water partition coefficient (Wildman–Crippen LogP) is 3.04. The quantitative estimate of drug-likeness (QED) is 0.719. The molecule has 3 aliphatic heterocycles. The summed E-state index contributed by atoms with van der Waals surface area (Å²) >= 11 is 1.69. The van der Waals surface area contributed by atoms with E-state index in [0.717, 1.165) is 39.7 Å². The highest BCUT2D eigenvalue weighted by molar-refractivity contribution is 7.18. The largest absolute Gasteiger partial charge is 0.342 e. The number of fused-ring (bicyclic) bond motifs is 5. The number of pyridine rings is 1. The van der Waals surface area contributed by atoms with Crippen LogP contribution in [0.5, 0.6) is 0 Å². The fourth-order valence-corrected chi connectivity index (χ4v) is 4.70. The molecule has 2 bridgehead atoms. The molecule has 0 radical (unpaired) electrons. The van der Waals surface area contributed by atoms with Crippen molar-refractivity contribution in [2.75, 3.05) is 31.1 Å². The maximum atomic E-state index is 4.55. The highest BCUT2D eigenvalue weighted by Crippen LogP contribution is 2.33. The highest BCUT2D eigenvalue weighted by atomic mass is 32.1. The van der Waals surface area contributed by atoms with Gasteiger partial charge in [-0.15, -0.1) is 10.2 Å². The fourth-order valence-electron chi connectivity index (χ4n) is 3.77. The molecule has 6 rings (SSSR count). The second-order valence-corrected chi connectivity index (χ2v) is 7.53. The van der Waals surface area contributed by atoms with E-state index < -0.39 is 0 Å². The zero-order valence-corrected chi connectivity index (χ0v) is 14.2. The average Bonchev–Trinajstić information content (AvgIpc) is 2.94. The van der Waals surface area contributed by atoms with Crippen LogP contribution < -0.4 is 4.90 Å². The molecule has 1 aromatic carbocycles. The molecular formula is C18H19N5S. The van der Waals surface area contributed by atoms with Crippen LogP contribution in [-0.2, 0) is 0 Å². The van der Waals surface area contributed by atoms with Crippen LogP contribution in [0.1, 0.15) is 12.8 Å². The van der Waals surface area contributed by atoms with Gasteiger partial charge in [-0.25, -0.2) is 0 Å². The Balaban J connectivity index is 1.47. The van der Waals surface area contributed by atoms with Gasteiger partial charge in [0.2, 0.25) is 5.13 Å². The number of para-hydroxylation sites is 1. The maximum Gasteiger partial charge on any atom is 0.208 e. The van der Waals surface area contributed by atoms with Gasteiger partial charge in [-0.2, -0.15) is 0 Å². The summed E-state index contributed by atoms with van der Waals surface area (Å²) in [5.41, 5.74) is 2.07. The topological polar surface area (TPSA) is 45.2 Å². The third-order valence-electron chi connectivity index (χ3n) is 5.15. The number of nitrogens with zero attached hydrogens (tertiary/aromatic N) is 5. The standard InChI is InChI=1S/C18H19N5S/c1-2-4-16-13(3-1)11-14(12-19-16)17-20-21-18(24-17)23-10-9-22-7-5-15(23)6-8-22/h1-4,11-12,15H,5-10H2. The Bertz CT molecular complexity index is 868. The molecule has 0 saturated carbocycles. The van der Waals surface area contributed by atoms with Crippen molar-refractivity contribution in [1.29, 1.82) is 0 Å². The van der Waals surface area contributed by atoms with E-state index in [2.05, 4.69) is 37.1 Å². The number of piperidine rings is 1. The zero-order valence-electron chi connectivity index (χ0n) is 13.4. The van der Waals surface area contributed by atoms with E-state index in [1.807, 2.05) is 24.4 Å². The number of benzene rings is 1. The monoisotopic (exact) mass is 337 g/mol. The van der Waals surface area contributed by atoms with Crippen molar-refractivity contribution < 1.29 is 0 Å². The van der Waals surface area contributed by atoms with E-state index >= 15 is 0 Å². The van der Waals surface area contributed by atoms with Crippen molar-refractivity contribution in [3.8, 4) is 10.6 Å². The molecule has 3 fully saturated rings. The van der Waals surface area contributed by atoms with Crippen molar-refractivity contribution in [3.63, 3.8) is 0 Å². The normalized spacial score (nSPS) is 23.6. The van der Waals surface area contributed by atoms with Gasteiger partial charge >= 0.3 is 0 Å². The lowest BCUT2D eigenvalue weighted by molar-refractivity contribution is 0.250. The lowest BCUT2D eigenvalue weighted by Crippen LogP contribution is -2.37. The molecule has 0 unspecified atom stereocenters. The van der Waals surface area contributed by atoms with Crippen molar-refractivity contribution in [3.05, 3.63) is 36.5 Å². The Kier molecular flexibility index (Phi) is 3.45.